The molecule has 1 aromatic rings. The summed E-state index contributed by atoms with van der Waals surface area (Å²) in [6.45, 7) is 1.91. The summed E-state index contributed by atoms with van der Waals surface area (Å²) < 4.78 is 35.6. The van der Waals surface area contributed by atoms with Crippen molar-refractivity contribution < 1.29 is 27.5 Å². The van der Waals surface area contributed by atoms with E-state index in [0.29, 0.717) is 6.42 Å². The van der Waals surface area contributed by atoms with E-state index in [1.54, 1.807) is 6.07 Å². The molecule has 0 aliphatic carbocycles. The van der Waals surface area contributed by atoms with Gasteiger partial charge in [-0.15, -0.1) is 11.3 Å². The average molecular weight is 335 g/mol. The van der Waals surface area contributed by atoms with Crippen LogP contribution in [0.15, 0.2) is 16.3 Å². The number of ether oxygens (including phenoxy) is 2. The molecule has 1 rings (SSSR count). The van der Waals surface area contributed by atoms with Crippen molar-refractivity contribution in [3.8, 4) is 0 Å². The van der Waals surface area contributed by atoms with Gasteiger partial charge in [-0.3, -0.25) is 9.59 Å². The number of aryl methyl sites for hydroxylation is 1. The number of methoxy groups -OCH3 is 2. The van der Waals surface area contributed by atoms with Crippen molar-refractivity contribution >= 4 is 33.3 Å². The molecule has 0 bridgehead atoms. The standard InChI is InChI=1S/C12H17NO6S2/c1-4-8-5-6-11(20-8)21(16,17)13-9(12(15)19-3)7-10(14)18-2/h5-6,9,13H,4,7H2,1-3H3/t9-/m1/s1. The fraction of sp³-hybridized carbons (Fsp3) is 0.500. The monoisotopic (exact) mass is 335 g/mol. The molecule has 21 heavy (non-hydrogen) atoms. The fourth-order valence-electron chi connectivity index (χ4n) is 1.50. The molecule has 1 atom stereocenters. The van der Waals surface area contributed by atoms with E-state index in [-0.39, 0.29) is 4.21 Å². The molecule has 1 aromatic heterocycles. The lowest BCUT2D eigenvalue weighted by molar-refractivity contribution is -0.149. The topological polar surface area (TPSA) is 98.8 Å². The van der Waals surface area contributed by atoms with E-state index in [9.17, 15) is 18.0 Å². The summed E-state index contributed by atoms with van der Waals surface area (Å²) in [6.07, 6.45) is 0.275. The number of carbonyl (C=O) groups excluding carboxylic acids is 2. The van der Waals surface area contributed by atoms with E-state index in [0.717, 1.165) is 30.4 Å². The number of rotatable bonds is 7. The second kappa shape index (κ2) is 7.53. The Morgan fingerprint density at radius 3 is 2.43 bits per heavy atom. The van der Waals surface area contributed by atoms with Gasteiger partial charge in [-0.25, -0.2) is 8.42 Å². The van der Waals surface area contributed by atoms with Crippen LogP contribution in [0, 0.1) is 0 Å². The maximum atomic E-state index is 12.2. The Morgan fingerprint density at radius 2 is 1.95 bits per heavy atom. The van der Waals surface area contributed by atoms with Gasteiger partial charge in [0.1, 0.15) is 10.3 Å². The molecule has 0 aliphatic rings. The predicted octanol–water partition coefficient (Wildman–Crippen LogP) is 0.693. The maximum absolute atomic E-state index is 12.2. The molecule has 0 fully saturated rings. The van der Waals surface area contributed by atoms with Gasteiger partial charge in [0.15, 0.2) is 0 Å². The largest absolute Gasteiger partial charge is 0.469 e. The Balaban J connectivity index is 2.95. The highest BCUT2D eigenvalue weighted by atomic mass is 32.2. The van der Waals surface area contributed by atoms with Gasteiger partial charge in [-0.1, -0.05) is 6.92 Å². The van der Waals surface area contributed by atoms with Crippen molar-refractivity contribution in [2.45, 2.75) is 30.0 Å². The molecule has 0 amide bonds. The van der Waals surface area contributed by atoms with Gasteiger partial charge in [0, 0.05) is 4.88 Å². The van der Waals surface area contributed by atoms with Gasteiger partial charge in [0.25, 0.3) is 10.0 Å². The minimum Gasteiger partial charge on any atom is -0.469 e. The van der Waals surface area contributed by atoms with Gasteiger partial charge in [0.05, 0.1) is 20.6 Å². The lowest BCUT2D eigenvalue weighted by atomic mass is 10.2. The van der Waals surface area contributed by atoms with Crippen LogP contribution in [0.4, 0.5) is 0 Å². The summed E-state index contributed by atoms with van der Waals surface area (Å²) >= 11 is 1.11. The van der Waals surface area contributed by atoms with E-state index in [1.807, 2.05) is 6.92 Å². The van der Waals surface area contributed by atoms with Crippen LogP contribution in [-0.2, 0) is 35.5 Å². The zero-order chi connectivity index (χ0) is 16.0. The number of hydrogen-bond acceptors (Lipinski definition) is 7. The van der Waals surface area contributed by atoms with Gasteiger partial charge in [-0.2, -0.15) is 4.72 Å². The first-order valence-corrected chi connectivity index (χ1v) is 8.39. The van der Waals surface area contributed by atoms with Gasteiger partial charge in [0.2, 0.25) is 0 Å². The first-order valence-electron chi connectivity index (χ1n) is 6.09. The van der Waals surface area contributed by atoms with Crippen molar-refractivity contribution in [1.82, 2.24) is 4.72 Å². The lowest BCUT2D eigenvalue weighted by Gasteiger charge is -2.14. The van der Waals surface area contributed by atoms with Crippen molar-refractivity contribution in [3.05, 3.63) is 17.0 Å². The van der Waals surface area contributed by atoms with Crippen LogP contribution in [-0.4, -0.2) is 40.6 Å². The quantitative estimate of drug-likeness (QED) is 0.736. The number of nitrogens with one attached hydrogen (secondary N) is 1. The Bertz CT molecular complexity index is 607. The SMILES string of the molecule is CCc1ccc(S(=O)(=O)N[C@H](CC(=O)OC)C(=O)OC)s1. The molecule has 0 spiro atoms. The molecular weight excluding hydrogens is 318 g/mol. The molecule has 0 aromatic carbocycles. The van der Waals surface area contributed by atoms with Crippen LogP contribution in [0.1, 0.15) is 18.2 Å². The number of thiophene rings is 1. The summed E-state index contributed by atoms with van der Waals surface area (Å²) in [5.74, 6) is -1.57. The minimum absolute atomic E-state index is 0.0816. The second-order valence-corrected chi connectivity index (χ2v) is 7.16. The maximum Gasteiger partial charge on any atom is 0.324 e. The molecule has 7 nitrogen and oxygen atoms in total. The highest BCUT2D eigenvalue weighted by Gasteiger charge is 2.29. The highest BCUT2D eigenvalue weighted by molar-refractivity contribution is 7.91. The number of esters is 2. The predicted molar refractivity (Wildman–Crippen MR) is 76.5 cm³/mol. The van der Waals surface area contributed by atoms with Crippen LogP contribution in [0.5, 0.6) is 0 Å². The summed E-state index contributed by atoms with van der Waals surface area (Å²) in [5, 5.41) is 0. The molecule has 0 unspecified atom stereocenters. The lowest BCUT2D eigenvalue weighted by Crippen LogP contribution is -2.42. The van der Waals surface area contributed by atoms with Crippen LogP contribution < -0.4 is 4.72 Å². The van der Waals surface area contributed by atoms with E-state index in [4.69, 9.17) is 0 Å². The molecular formula is C12H17NO6S2. The van der Waals surface area contributed by atoms with Crippen molar-refractivity contribution in [2.75, 3.05) is 14.2 Å². The number of hydrogen-bond donors (Lipinski definition) is 1. The second-order valence-electron chi connectivity index (χ2n) is 4.05. The molecule has 1 heterocycles. The normalized spacial score (nSPS) is 12.7. The zero-order valence-electron chi connectivity index (χ0n) is 11.9. The highest BCUT2D eigenvalue weighted by Crippen LogP contribution is 2.22. The Labute approximate surface area is 127 Å². The summed E-state index contributed by atoms with van der Waals surface area (Å²) in [4.78, 5) is 23.7. The summed E-state index contributed by atoms with van der Waals surface area (Å²) in [5.41, 5.74) is 0. The third-order valence-corrected chi connectivity index (χ3v) is 5.82. The van der Waals surface area contributed by atoms with Gasteiger partial charge in [-0.05, 0) is 18.6 Å². The summed E-state index contributed by atoms with van der Waals surface area (Å²) in [6, 6.07) is 1.84. The van der Waals surface area contributed by atoms with Crippen LogP contribution in [0.2, 0.25) is 0 Å². The summed E-state index contributed by atoms with van der Waals surface area (Å²) in [7, 11) is -1.63. The minimum atomic E-state index is -3.90. The molecule has 0 aliphatic heterocycles. The van der Waals surface area contributed by atoms with E-state index >= 15 is 0 Å². The van der Waals surface area contributed by atoms with Gasteiger partial charge >= 0.3 is 11.9 Å². The number of sulfonamides is 1. The van der Waals surface area contributed by atoms with E-state index in [2.05, 4.69) is 14.2 Å². The van der Waals surface area contributed by atoms with Crippen LogP contribution in [0.3, 0.4) is 0 Å². The average Bonchev–Trinajstić information content (AvgIpc) is 2.95. The molecule has 0 saturated heterocycles. The molecule has 9 heteroatoms. The third kappa shape index (κ3) is 4.80. The fourth-order valence-corrected chi connectivity index (χ4v) is 4.00. The third-order valence-electron chi connectivity index (χ3n) is 2.63. The smallest absolute Gasteiger partial charge is 0.324 e. The first-order chi connectivity index (χ1) is 9.83. The Morgan fingerprint density at radius 1 is 1.29 bits per heavy atom. The molecule has 0 saturated carbocycles. The van der Waals surface area contributed by atoms with Crippen molar-refractivity contribution in [1.29, 1.82) is 0 Å². The Kier molecular flexibility index (Phi) is 6.31. The van der Waals surface area contributed by atoms with Crippen LogP contribution >= 0.6 is 11.3 Å². The molecule has 118 valence electrons. The number of carbonyl (C=O) groups is 2. The van der Waals surface area contributed by atoms with E-state index in [1.165, 1.54) is 6.07 Å². The van der Waals surface area contributed by atoms with Crippen LogP contribution in [0.25, 0.3) is 0 Å². The van der Waals surface area contributed by atoms with Crippen molar-refractivity contribution in [3.63, 3.8) is 0 Å². The molecule has 1 N–H and O–H groups in total. The first kappa shape index (κ1) is 17.6. The zero-order valence-corrected chi connectivity index (χ0v) is 13.5. The Hall–Kier alpha value is -1.45. The van der Waals surface area contributed by atoms with Gasteiger partial charge < -0.3 is 9.47 Å². The molecule has 0 radical (unpaired) electrons. The van der Waals surface area contributed by atoms with E-state index < -0.39 is 34.4 Å². The van der Waals surface area contributed by atoms with Crippen molar-refractivity contribution in [2.24, 2.45) is 0 Å².